The van der Waals surface area contributed by atoms with Crippen molar-refractivity contribution in [3.05, 3.63) is 64.2 Å². The van der Waals surface area contributed by atoms with Crippen molar-refractivity contribution < 1.29 is 22.7 Å². The minimum atomic E-state index is -3.62. The summed E-state index contributed by atoms with van der Waals surface area (Å²) in [5.74, 6) is -1.47. The monoisotopic (exact) mass is 464 g/mol. The third-order valence-corrected chi connectivity index (χ3v) is 7.52. The molecule has 1 saturated heterocycles. The fourth-order valence-corrected chi connectivity index (χ4v) is 5.47. The van der Waals surface area contributed by atoms with Crippen LogP contribution in [0.3, 0.4) is 0 Å². The van der Waals surface area contributed by atoms with Crippen LogP contribution in [0.4, 0.5) is 5.69 Å². The normalized spacial score (nSPS) is 17.2. The summed E-state index contributed by atoms with van der Waals surface area (Å²) in [6.45, 7) is 2.29. The number of rotatable bonds is 6. The second kappa shape index (κ2) is 9.80. The van der Waals surface area contributed by atoms with Crippen LogP contribution >= 0.6 is 11.6 Å². The van der Waals surface area contributed by atoms with E-state index in [2.05, 4.69) is 5.32 Å². The molecule has 1 heterocycles. The van der Waals surface area contributed by atoms with Crippen molar-refractivity contribution >= 4 is 39.2 Å². The third kappa shape index (κ3) is 5.64. The number of nitrogens with zero attached hydrogens (tertiary/aromatic N) is 1. The molecule has 1 aliphatic rings. The van der Waals surface area contributed by atoms with Crippen LogP contribution in [0.25, 0.3) is 0 Å². The zero-order valence-electron chi connectivity index (χ0n) is 17.4. The average molecular weight is 465 g/mol. The minimum absolute atomic E-state index is 0.106. The Kier molecular flexibility index (Phi) is 7.35. The molecule has 1 amide bonds. The predicted octanol–water partition coefficient (Wildman–Crippen LogP) is 3.62. The lowest BCUT2D eigenvalue weighted by Gasteiger charge is -2.31. The Balaban J connectivity index is 1.71. The van der Waals surface area contributed by atoms with E-state index in [1.54, 1.807) is 42.5 Å². The molecule has 166 valence electrons. The average Bonchev–Trinajstić information content (AvgIpc) is 2.76. The van der Waals surface area contributed by atoms with Gasteiger partial charge in [0.05, 0.1) is 24.3 Å². The van der Waals surface area contributed by atoms with Crippen LogP contribution in [0.15, 0.2) is 42.5 Å². The molecule has 2 aromatic rings. The van der Waals surface area contributed by atoms with Gasteiger partial charge in [-0.15, -0.1) is 0 Å². The Morgan fingerprint density at radius 1 is 1.23 bits per heavy atom. The van der Waals surface area contributed by atoms with Gasteiger partial charge in [-0.05, 0) is 49.1 Å². The molecular formula is C22H25ClN2O5S. The first-order chi connectivity index (χ1) is 14.7. The molecule has 0 radical (unpaired) electrons. The molecule has 0 spiro atoms. The first-order valence-corrected chi connectivity index (χ1v) is 11.9. The summed E-state index contributed by atoms with van der Waals surface area (Å²) in [5, 5.41) is 3.24. The number of ether oxygens (including phenoxy) is 1. The van der Waals surface area contributed by atoms with Crippen molar-refractivity contribution in [2.75, 3.05) is 25.5 Å². The molecule has 0 saturated carbocycles. The van der Waals surface area contributed by atoms with E-state index in [0.717, 1.165) is 5.56 Å². The number of nitrogens with one attached hydrogen (secondary N) is 1. The lowest BCUT2D eigenvalue weighted by atomic mass is 9.98. The number of carbonyl (C=O) groups excluding carboxylic acids is 2. The van der Waals surface area contributed by atoms with E-state index in [1.165, 1.54) is 11.4 Å². The summed E-state index contributed by atoms with van der Waals surface area (Å²) < 4.78 is 31.9. The van der Waals surface area contributed by atoms with Crippen LogP contribution in [-0.2, 0) is 25.3 Å². The highest BCUT2D eigenvalue weighted by atomic mass is 35.5. The van der Waals surface area contributed by atoms with Crippen molar-refractivity contribution in [2.45, 2.75) is 25.5 Å². The molecule has 1 atom stereocenters. The maximum atomic E-state index is 12.9. The molecule has 2 aromatic carbocycles. The van der Waals surface area contributed by atoms with Crippen LogP contribution in [0.2, 0.25) is 5.02 Å². The van der Waals surface area contributed by atoms with E-state index in [-0.39, 0.29) is 18.2 Å². The van der Waals surface area contributed by atoms with E-state index in [9.17, 15) is 18.0 Å². The highest BCUT2D eigenvalue weighted by Gasteiger charge is 2.33. The van der Waals surface area contributed by atoms with Crippen molar-refractivity contribution in [1.82, 2.24) is 4.31 Å². The number of hydrogen-bond acceptors (Lipinski definition) is 5. The smallest absolute Gasteiger partial charge is 0.337 e. The Labute approximate surface area is 187 Å². The molecule has 0 aromatic heterocycles. The summed E-state index contributed by atoms with van der Waals surface area (Å²) in [6.07, 6.45) is 1.17. The second-order valence-electron chi connectivity index (χ2n) is 7.56. The second-order valence-corrected chi connectivity index (χ2v) is 9.93. The van der Waals surface area contributed by atoms with Gasteiger partial charge in [-0.1, -0.05) is 35.9 Å². The number of esters is 1. The third-order valence-electron chi connectivity index (χ3n) is 5.36. The van der Waals surface area contributed by atoms with Gasteiger partial charge in [0.2, 0.25) is 15.9 Å². The molecule has 1 N–H and O–H groups in total. The molecule has 3 rings (SSSR count). The minimum Gasteiger partial charge on any atom is -0.465 e. The van der Waals surface area contributed by atoms with Gasteiger partial charge in [0, 0.05) is 23.8 Å². The summed E-state index contributed by atoms with van der Waals surface area (Å²) in [7, 11) is -2.33. The number of halogens is 1. The Bertz CT molecular complexity index is 1090. The van der Waals surface area contributed by atoms with Crippen molar-refractivity contribution in [3.63, 3.8) is 0 Å². The number of benzene rings is 2. The molecule has 7 nitrogen and oxygen atoms in total. The van der Waals surface area contributed by atoms with Gasteiger partial charge in [-0.2, -0.15) is 0 Å². The van der Waals surface area contributed by atoms with Crippen LogP contribution in [0.5, 0.6) is 0 Å². The molecule has 0 unspecified atom stereocenters. The van der Waals surface area contributed by atoms with E-state index < -0.39 is 21.9 Å². The number of hydrogen-bond donors (Lipinski definition) is 1. The highest BCUT2D eigenvalue weighted by Crippen LogP contribution is 2.26. The summed E-state index contributed by atoms with van der Waals surface area (Å²) in [6, 6.07) is 11.7. The van der Waals surface area contributed by atoms with Crippen molar-refractivity contribution in [3.8, 4) is 0 Å². The maximum Gasteiger partial charge on any atom is 0.337 e. The number of amides is 1. The van der Waals surface area contributed by atoms with E-state index in [4.69, 9.17) is 16.3 Å². The van der Waals surface area contributed by atoms with E-state index in [1.807, 2.05) is 6.92 Å². The Morgan fingerprint density at radius 2 is 1.97 bits per heavy atom. The Morgan fingerprint density at radius 3 is 2.68 bits per heavy atom. The van der Waals surface area contributed by atoms with Crippen LogP contribution in [0.1, 0.15) is 34.3 Å². The van der Waals surface area contributed by atoms with Crippen LogP contribution < -0.4 is 5.32 Å². The summed E-state index contributed by atoms with van der Waals surface area (Å²) in [4.78, 5) is 24.7. The zero-order chi connectivity index (χ0) is 22.6. The standard InChI is InChI=1S/C22H25ClN2O5S/c1-15-9-10-16(22(27)30-2)12-20(15)24-21(26)17-7-5-11-25(13-17)31(28,29)14-18-6-3-4-8-19(18)23/h3-4,6,8-10,12,17H,5,7,11,13-14H2,1-2H3,(H,24,26)/t17-/m0/s1. The number of anilines is 1. The first-order valence-electron chi connectivity index (χ1n) is 9.92. The molecule has 0 aliphatic carbocycles. The molecule has 0 bridgehead atoms. The topological polar surface area (TPSA) is 92.8 Å². The van der Waals surface area contributed by atoms with Crippen molar-refractivity contribution in [1.29, 1.82) is 0 Å². The zero-order valence-corrected chi connectivity index (χ0v) is 19.0. The van der Waals surface area contributed by atoms with Crippen molar-refractivity contribution in [2.24, 2.45) is 5.92 Å². The lowest BCUT2D eigenvalue weighted by molar-refractivity contribution is -0.120. The molecule has 9 heteroatoms. The lowest BCUT2D eigenvalue weighted by Crippen LogP contribution is -2.44. The van der Waals surface area contributed by atoms with Gasteiger partial charge in [-0.25, -0.2) is 17.5 Å². The number of aryl methyl sites for hydroxylation is 1. The number of sulfonamides is 1. The fourth-order valence-electron chi connectivity index (χ4n) is 3.55. The molecular weight excluding hydrogens is 440 g/mol. The van der Waals surface area contributed by atoms with E-state index >= 15 is 0 Å². The first kappa shape index (κ1) is 23.2. The van der Waals surface area contributed by atoms with Gasteiger partial charge in [-0.3, -0.25) is 4.79 Å². The number of piperidine rings is 1. The van der Waals surface area contributed by atoms with Crippen LogP contribution in [-0.4, -0.2) is 44.8 Å². The highest BCUT2D eigenvalue weighted by molar-refractivity contribution is 7.88. The van der Waals surface area contributed by atoms with Gasteiger partial charge < -0.3 is 10.1 Å². The summed E-state index contributed by atoms with van der Waals surface area (Å²) >= 11 is 6.12. The molecule has 31 heavy (non-hydrogen) atoms. The molecule has 1 fully saturated rings. The van der Waals surface area contributed by atoms with Gasteiger partial charge >= 0.3 is 5.97 Å². The SMILES string of the molecule is COC(=O)c1ccc(C)c(NC(=O)[C@H]2CCCN(S(=O)(=O)Cc3ccccc3Cl)C2)c1. The van der Waals surface area contributed by atoms with Crippen LogP contribution in [0, 0.1) is 12.8 Å². The largest absolute Gasteiger partial charge is 0.465 e. The number of carbonyl (C=O) groups is 2. The van der Waals surface area contributed by atoms with Gasteiger partial charge in [0.1, 0.15) is 0 Å². The molecule has 1 aliphatic heterocycles. The number of methoxy groups -OCH3 is 1. The maximum absolute atomic E-state index is 12.9. The van der Waals surface area contributed by atoms with E-state index in [0.29, 0.717) is 41.2 Å². The predicted molar refractivity (Wildman–Crippen MR) is 120 cm³/mol. The summed E-state index contributed by atoms with van der Waals surface area (Å²) in [5.41, 5.74) is 2.16. The quantitative estimate of drug-likeness (QED) is 0.659. The Hall–Kier alpha value is -2.42. The van der Waals surface area contributed by atoms with Gasteiger partial charge in [0.15, 0.2) is 0 Å². The fraction of sp³-hybridized carbons (Fsp3) is 0.364. The van der Waals surface area contributed by atoms with Gasteiger partial charge in [0.25, 0.3) is 0 Å².